The van der Waals surface area contributed by atoms with E-state index in [1.165, 1.54) is 4.81 Å². The fraction of sp³-hybridized carbons (Fsp3) is 0.364. The fourth-order valence-electron chi connectivity index (χ4n) is 7.87. The van der Waals surface area contributed by atoms with Crippen molar-refractivity contribution in [1.82, 2.24) is 4.81 Å². The third kappa shape index (κ3) is 8.96. The molecule has 0 saturated carbocycles. The summed E-state index contributed by atoms with van der Waals surface area (Å²) in [5, 5.41) is 8.97. The van der Waals surface area contributed by atoms with Crippen molar-refractivity contribution < 1.29 is 46.6 Å². The maximum absolute atomic E-state index is 18.0. The molecule has 0 aromatic heterocycles. The molecular weight excluding hydrogens is 745 g/mol. The predicted octanol–water partition coefficient (Wildman–Crippen LogP) is 6.82. The SMILES string of the molecule is CCCOCCOc1ccc(C2CC(c3ccc(OCC)cc3)N3C2N=C2C(c4ccc(OCCOCCO)cc4)=CC(c4ccc(OCN)cc4)=[N+]2[B-]3(F)F)cc1. The molecule has 3 unspecified atom stereocenters. The van der Waals surface area contributed by atoms with Crippen LogP contribution in [0.25, 0.3) is 5.57 Å². The van der Waals surface area contributed by atoms with Gasteiger partial charge in [0.1, 0.15) is 42.9 Å². The van der Waals surface area contributed by atoms with Gasteiger partial charge in [0.05, 0.1) is 44.3 Å². The number of benzene rings is 4. The molecule has 3 N–H and O–H groups in total. The summed E-state index contributed by atoms with van der Waals surface area (Å²) < 4.78 is 70.9. The van der Waals surface area contributed by atoms with Gasteiger partial charge in [-0.2, -0.15) is 0 Å². The summed E-state index contributed by atoms with van der Waals surface area (Å²) >= 11 is 0. The van der Waals surface area contributed by atoms with Crippen LogP contribution in [-0.4, -0.2) is 98.7 Å². The highest BCUT2D eigenvalue weighted by Gasteiger charge is 2.63. The molecule has 0 bridgehead atoms. The zero-order chi connectivity index (χ0) is 40.5. The van der Waals surface area contributed by atoms with Crippen molar-refractivity contribution in [2.24, 2.45) is 10.7 Å². The van der Waals surface area contributed by atoms with Crippen molar-refractivity contribution >= 4 is 24.1 Å². The molecule has 3 atom stereocenters. The molecule has 0 amide bonds. The number of allylic oxidation sites excluding steroid dienone is 1. The maximum atomic E-state index is 18.0. The second kappa shape index (κ2) is 19.1. The van der Waals surface area contributed by atoms with Crippen LogP contribution in [0.2, 0.25) is 0 Å². The highest BCUT2D eigenvalue weighted by atomic mass is 19.2. The Morgan fingerprint density at radius 1 is 0.707 bits per heavy atom. The summed E-state index contributed by atoms with van der Waals surface area (Å²) in [5.74, 6) is 2.36. The number of halogens is 2. The number of hydrogen-bond acceptors (Lipinski definition) is 10. The van der Waals surface area contributed by atoms with E-state index in [1.54, 1.807) is 30.3 Å². The molecule has 0 radical (unpaired) electrons. The van der Waals surface area contributed by atoms with Crippen LogP contribution in [-0.2, 0) is 9.47 Å². The molecule has 58 heavy (non-hydrogen) atoms. The molecular formula is C44H51BF2N4O7. The molecule has 7 rings (SSSR count). The normalized spacial score (nSPS) is 19.7. The Kier molecular flexibility index (Phi) is 13.5. The van der Waals surface area contributed by atoms with E-state index in [0.717, 1.165) is 22.0 Å². The molecule has 4 aromatic rings. The number of rotatable bonds is 20. The second-order valence-electron chi connectivity index (χ2n) is 14.1. The Bertz CT molecular complexity index is 2060. The maximum Gasteiger partial charge on any atom is 0.609 e. The first-order chi connectivity index (χ1) is 28.4. The number of aliphatic imine (C=N–C) groups is 1. The molecule has 3 heterocycles. The van der Waals surface area contributed by atoms with E-state index in [0.29, 0.717) is 91.5 Å². The van der Waals surface area contributed by atoms with Crippen LogP contribution >= 0.6 is 0 Å². The number of nitrogens with two attached hydrogens (primary N) is 1. The van der Waals surface area contributed by atoms with E-state index in [9.17, 15) is 0 Å². The lowest BCUT2D eigenvalue weighted by Gasteiger charge is -2.43. The number of hydrogen-bond donors (Lipinski definition) is 2. The van der Waals surface area contributed by atoms with Gasteiger partial charge in [0.15, 0.2) is 6.17 Å². The summed E-state index contributed by atoms with van der Waals surface area (Å²) in [6, 6.07) is 28.8. The number of fused-ring (bicyclic) bond motifs is 2. The van der Waals surface area contributed by atoms with Gasteiger partial charge in [-0.3, -0.25) is 5.73 Å². The molecule has 1 saturated heterocycles. The number of amidine groups is 1. The van der Waals surface area contributed by atoms with Crippen molar-refractivity contribution in [3.05, 3.63) is 125 Å². The predicted molar refractivity (Wildman–Crippen MR) is 220 cm³/mol. The van der Waals surface area contributed by atoms with Gasteiger partial charge in [-0.1, -0.05) is 48.3 Å². The van der Waals surface area contributed by atoms with E-state index < -0.39 is 19.2 Å². The second-order valence-corrected chi connectivity index (χ2v) is 14.1. The Labute approximate surface area is 338 Å². The third-order valence-electron chi connectivity index (χ3n) is 10.5. The van der Waals surface area contributed by atoms with Gasteiger partial charge in [0, 0.05) is 24.1 Å². The van der Waals surface area contributed by atoms with Gasteiger partial charge in [-0.05, 0) is 103 Å². The lowest BCUT2D eigenvalue weighted by molar-refractivity contribution is -0.312. The Morgan fingerprint density at radius 3 is 1.84 bits per heavy atom. The lowest BCUT2D eigenvalue weighted by Crippen LogP contribution is -2.63. The first-order valence-electron chi connectivity index (χ1n) is 20.0. The van der Waals surface area contributed by atoms with Gasteiger partial charge in [-0.25, -0.2) is 0 Å². The molecule has 306 valence electrons. The highest BCUT2D eigenvalue weighted by molar-refractivity contribution is 6.60. The van der Waals surface area contributed by atoms with Gasteiger partial charge >= 0.3 is 6.97 Å². The minimum absolute atomic E-state index is 0.00626. The quantitative estimate of drug-likeness (QED) is 0.0565. The molecule has 1 fully saturated rings. The molecule has 4 aromatic carbocycles. The van der Waals surface area contributed by atoms with Crippen LogP contribution in [0.4, 0.5) is 8.63 Å². The van der Waals surface area contributed by atoms with E-state index in [4.69, 9.17) is 44.3 Å². The van der Waals surface area contributed by atoms with Crippen molar-refractivity contribution in [2.75, 3.05) is 59.6 Å². The summed E-state index contributed by atoms with van der Waals surface area (Å²) in [6.07, 6.45) is 2.27. The first-order valence-corrected chi connectivity index (χ1v) is 20.0. The monoisotopic (exact) mass is 796 g/mol. The lowest BCUT2D eigenvalue weighted by atomic mass is 9.85. The Balaban J connectivity index is 1.29. The topological polar surface area (TPSA) is 120 Å². The van der Waals surface area contributed by atoms with Gasteiger partial charge in [-0.15, -0.1) is 0 Å². The van der Waals surface area contributed by atoms with E-state index in [2.05, 4.69) is 6.92 Å². The number of nitrogens with zero attached hydrogens (tertiary/aromatic N) is 3. The van der Waals surface area contributed by atoms with Crippen LogP contribution in [0.3, 0.4) is 0 Å². The Hall–Kier alpha value is -5.12. The van der Waals surface area contributed by atoms with Gasteiger partial charge in [0.2, 0.25) is 0 Å². The van der Waals surface area contributed by atoms with Crippen molar-refractivity contribution in [2.45, 2.75) is 44.8 Å². The number of ether oxygens (including phenoxy) is 6. The molecule has 3 aliphatic heterocycles. The minimum atomic E-state index is -4.43. The van der Waals surface area contributed by atoms with Crippen LogP contribution in [0.15, 0.2) is 108 Å². The van der Waals surface area contributed by atoms with Crippen LogP contribution in [0.5, 0.6) is 23.0 Å². The summed E-state index contributed by atoms with van der Waals surface area (Å²) in [6.45, 7) is 2.41. The fourth-order valence-corrected chi connectivity index (χ4v) is 7.87. The van der Waals surface area contributed by atoms with Crippen molar-refractivity contribution in [3.63, 3.8) is 0 Å². The van der Waals surface area contributed by atoms with E-state index in [-0.39, 0.29) is 31.7 Å². The van der Waals surface area contributed by atoms with Crippen LogP contribution < -0.4 is 24.7 Å². The van der Waals surface area contributed by atoms with Crippen molar-refractivity contribution in [1.29, 1.82) is 0 Å². The molecule has 14 heteroatoms. The Morgan fingerprint density at radius 2 is 1.26 bits per heavy atom. The zero-order valence-corrected chi connectivity index (χ0v) is 33.0. The third-order valence-corrected chi connectivity index (χ3v) is 10.5. The molecule has 11 nitrogen and oxygen atoms in total. The average molecular weight is 797 g/mol. The van der Waals surface area contributed by atoms with Crippen LogP contribution in [0.1, 0.15) is 60.9 Å². The summed E-state index contributed by atoms with van der Waals surface area (Å²) in [5.41, 5.74) is 9.47. The summed E-state index contributed by atoms with van der Waals surface area (Å²) in [7, 11) is 0. The standard InChI is InChI=1S/C44H51BF2N4O7/c1-3-22-53-24-26-56-36-13-5-31(6-14-36)39-28-41(33-9-17-35(18-10-33)55-4-2)50-43(39)49-44-40(32-7-15-37(16-8-32)57-27-25-54-23-21-52)29-42(51(44)45(50,46)47)34-11-19-38(20-12-34)58-30-48/h5-20,29,39,41,43,52H,3-4,21-28,30,48H2,1-2H3. The average Bonchev–Trinajstić information content (AvgIpc) is 3.83. The molecule has 0 spiro atoms. The van der Waals surface area contributed by atoms with Crippen molar-refractivity contribution in [3.8, 4) is 23.0 Å². The smallest absolute Gasteiger partial charge is 0.494 e. The molecule has 0 aliphatic carbocycles. The highest BCUT2D eigenvalue weighted by Crippen LogP contribution is 2.52. The first kappa shape index (κ1) is 41.1. The number of aliphatic hydroxyl groups excluding tert-OH is 1. The number of aliphatic hydroxyl groups is 1. The van der Waals surface area contributed by atoms with Gasteiger partial charge in [0.25, 0.3) is 5.84 Å². The van der Waals surface area contributed by atoms with E-state index in [1.807, 2.05) is 79.7 Å². The van der Waals surface area contributed by atoms with E-state index >= 15 is 8.63 Å². The largest absolute Gasteiger partial charge is 0.609 e. The summed E-state index contributed by atoms with van der Waals surface area (Å²) in [4.78, 5) is 6.63. The van der Waals surface area contributed by atoms with Gasteiger partial charge < -0.3 is 51.5 Å². The van der Waals surface area contributed by atoms with Crippen LogP contribution in [0, 0.1) is 0 Å². The zero-order valence-electron chi connectivity index (χ0n) is 33.0. The minimum Gasteiger partial charge on any atom is -0.494 e. The molecule has 3 aliphatic rings.